The van der Waals surface area contributed by atoms with Gasteiger partial charge in [-0.25, -0.2) is 0 Å². The molecule has 19 heteroatoms. The van der Waals surface area contributed by atoms with E-state index in [4.69, 9.17) is 103 Å². The van der Waals surface area contributed by atoms with Crippen molar-refractivity contribution in [2.24, 2.45) is 11.5 Å². The van der Waals surface area contributed by atoms with Crippen molar-refractivity contribution in [1.82, 2.24) is 15.0 Å². The maximum atomic E-state index is 11.4. The number of carbonyl (C=O) groups excluding carboxylic acids is 2. The number of ether oxygens (including phenoxy) is 3. The van der Waals surface area contributed by atoms with E-state index in [2.05, 4.69) is 15.0 Å². The lowest BCUT2D eigenvalue weighted by Crippen LogP contribution is -2.08. The van der Waals surface area contributed by atoms with E-state index >= 15 is 0 Å². The number of thiocarbonyl (C=S) groups is 1. The van der Waals surface area contributed by atoms with Gasteiger partial charge in [0.1, 0.15) is 28.0 Å². The van der Waals surface area contributed by atoms with Crippen LogP contribution < -0.4 is 25.7 Å². The summed E-state index contributed by atoms with van der Waals surface area (Å²) in [4.78, 5) is 34.8. The molecule has 71 heavy (non-hydrogen) atoms. The highest BCUT2D eigenvalue weighted by Crippen LogP contribution is 2.34. The van der Waals surface area contributed by atoms with Crippen LogP contribution in [-0.4, -0.2) is 36.7 Å². The van der Waals surface area contributed by atoms with Crippen molar-refractivity contribution >= 4 is 108 Å². The van der Waals surface area contributed by atoms with Crippen LogP contribution in [0.1, 0.15) is 56.1 Å². The van der Waals surface area contributed by atoms with Gasteiger partial charge in [0.25, 0.3) is 5.91 Å². The van der Waals surface area contributed by atoms with Crippen molar-refractivity contribution in [2.45, 2.75) is 29.2 Å². The first-order valence-corrected chi connectivity index (χ1v) is 21.6. The third-order valence-electron chi connectivity index (χ3n) is 9.01. The summed E-state index contributed by atoms with van der Waals surface area (Å²) in [5, 5.41) is 13.3. The van der Waals surface area contributed by atoms with E-state index in [9.17, 15) is 9.59 Å². The maximum absolute atomic E-state index is 11.4. The predicted octanol–water partition coefficient (Wildman–Crippen LogP) is 15.7. The SMILES string of the molecule is C.C.C.CC(=O)c1cc2c(Oc3ccc(Cl)cc3)cncc2o1.NC(=O)c1cc2c(Oc3ccc(Cl)cc3)cncc2o1.NC(=S)c1cc2c(Oc3ccc(Cl)cc3)cncc2o1.Oc1ccc(Cl)cc1. The summed E-state index contributed by atoms with van der Waals surface area (Å²) in [6.07, 6.45) is 9.36. The second-order valence-electron chi connectivity index (χ2n) is 13.9. The largest absolute Gasteiger partial charge is 0.508 e. The molecule has 0 atom stereocenters. The van der Waals surface area contributed by atoms with E-state index in [-0.39, 0.29) is 50.3 Å². The Morgan fingerprint density at radius 1 is 0.493 bits per heavy atom. The second kappa shape index (κ2) is 25.8. The molecular weight excluding hydrogens is 1010 g/mol. The molecule has 5 N–H and O–H groups in total. The average molecular weight is 1060 g/mol. The topological polar surface area (TPSA) is 212 Å². The summed E-state index contributed by atoms with van der Waals surface area (Å²) >= 11 is 27.9. The first-order valence-electron chi connectivity index (χ1n) is 19.7. The molecule has 0 fully saturated rings. The fourth-order valence-corrected chi connectivity index (χ4v) is 6.40. The number of rotatable bonds is 9. The number of primary amides is 1. The molecule has 366 valence electrons. The van der Waals surface area contributed by atoms with Crippen LogP contribution in [0.2, 0.25) is 20.1 Å². The Hall–Kier alpha value is -7.66. The number of aromatic nitrogens is 3. The van der Waals surface area contributed by atoms with E-state index in [1.165, 1.54) is 25.4 Å². The summed E-state index contributed by atoms with van der Waals surface area (Å²) in [5.41, 5.74) is 12.3. The van der Waals surface area contributed by atoms with Crippen LogP contribution in [0.4, 0.5) is 0 Å². The number of nitrogens with zero attached hydrogens (tertiary/aromatic N) is 3. The van der Waals surface area contributed by atoms with E-state index in [1.807, 2.05) is 0 Å². The predicted molar refractivity (Wildman–Crippen MR) is 284 cm³/mol. The minimum atomic E-state index is -0.640. The number of Topliss-reactive ketones (excluding diaryl/α,β-unsaturated/α-hetero) is 1. The summed E-state index contributed by atoms with van der Waals surface area (Å²) in [6.45, 7) is 1.45. The number of phenolic OH excluding ortho intramolecular Hbond substituents is 1. The summed E-state index contributed by atoms with van der Waals surface area (Å²) in [5.74, 6) is 3.71. The quantitative estimate of drug-likeness (QED) is 0.0907. The third kappa shape index (κ3) is 15.2. The first kappa shape index (κ1) is 55.9. The minimum Gasteiger partial charge on any atom is -0.508 e. The molecule has 6 aromatic heterocycles. The van der Waals surface area contributed by atoms with Gasteiger partial charge in [-0.05, 0) is 109 Å². The van der Waals surface area contributed by atoms with Gasteiger partial charge in [-0.3, -0.25) is 24.5 Å². The fraction of sp³-hybridized carbons (Fsp3) is 0.0769. The van der Waals surface area contributed by atoms with Gasteiger partial charge in [0.05, 0.1) is 53.3 Å². The molecule has 0 saturated carbocycles. The Bertz CT molecular complexity index is 3020. The fourth-order valence-electron chi connectivity index (χ4n) is 5.80. The number of aromatic hydroxyl groups is 1. The number of carbonyl (C=O) groups is 2. The highest BCUT2D eigenvalue weighted by Gasteiger charge is 2.15. The molecule has 0 aliphatic heterocycles. The number of ketones is 1. The van der Waals surface area contributed by atoms with Crippen LogP contribution in [-0.2, 0) is 0 Å². The van der Waals surface area contributed by atoms with Gasteiger partial charge in [0.15, 0.2) is 57.1 Å². The molecule has 10 rings (SSSR count). The number of furan rings is 3. The number of halogens is 4. The zero-order valence-corrected chi connectivity index (χ0v) is 38.9. The molecule has 0 radical (unpaired) electrons. The van der Waals surface area contributed by atoms with Crippen molar-refractivity contribution in [3.63, 3.8) is 0 Å². The van der Waals surface area contributed by atoms with Crippen molar-refractivity contribution in [3.05, 3.63) is 190 Å². The Morgan fingerprint density at radius 3 is 1.10 bits per heavy atom. The van der Waals surface area contributed by atoms with Crippen molar-refractivity contribution in [1.29, 1.82) is 0 Å². The molecule has 0 unspecified atom stereocenters. The monoisotopic (exact) mass is 1060 g/mol. The van der Waals surface area contributed by atoms with Crippen molar-refractivity contribution < 1.29 is 42.2 Å². The van der Waals surface area contributed by atoms with E-state index in [0.717, 1.165) is 5.39 Å². The van der Waals surface area contributed by atoms with Gasteiger partial charge in [0, 0.05) is 33.1 Å². The van der Waals surface area contributed by atoms with Gasteiger partial charge in [-0.2, -0.15) is 0 Å². The highest BCUT2D eigenvalue weighted by atomic mass is 35.5. The molecule has 0 aliphatic carbocycles. The smallest absolute Gasteiger partial charge is 0.284 e. The lowest BCUT2D eigenvalue weighted by molar-refractivity contribution is 0.0972. The molecule has 1 amide bonds. The molecular formula is C52H45Cl4N5O9S. The summed E-state index contributed by atoms with van der Waals surface area (Å²) < 4.78 is 33.4. The maximum Gasteiger partial charge on any atom is 0.284 e. The Morgan fingerprint density at radius 2 is 0.789 bits per heavy atom. The lowest BCUT2D eigenvalue weighted by atomic mass is 10.2. The average Bonchev–Trinajstić information content (AvgIpc) is 4.10. The normalized spacial score (nSPS) is 10.0. The molecule has 6 heterocycles. The van der Waals surface area contributed by atoms with Crippen LogP contribution in [0.25, 0.3) is 32.9 Å². The minimum absolute atomic E-state index is 0. The zero-order chi connectivity index (χ0) is 48.3. The highest BCUT2D eigenvalue weighted by molar-refractivity contribution is 7.80. The number of benzene rings is 4. The van der Waals surface area contributed by atoms with Gasteiger partial charge in [0.2, 0.25) is 0 Å². The lowest BCUT2D eigenvalue weighted by Gasteiger charge is -2.05. The number of hydrogen-bond donors (Lipinski definition) is 3. The Kier molecular flexibility index (Phi) is 20.3. The Balaban J connectivity index is 0.000000210. The molecule has 0 aliphatic rings. The van der Waals surface area contributed by atoms with Crippen LogP contribution >= 0.6 is 58.6 Å². The number of fused-ring (bicyclic) bond motifs is 3. The van der Waals surface area contributed by atoms with E-state index in [0.29, 0.717) is 87.9 Å². The molecule has 14 nitrogen and oxygen atoms in total. The van der Waals surface area contributed by atoms with Crippen molar-refractivity contribution in [2.75, 3.05) is 0 Å². The van der Waals surface area contributed by atoms with Crippen LogP contribution in [0.3, 0.4) is 0 Å². The van der Waals surface area contributed by atoms with Crippen LogP contribution in [0.15, 0.2) is 166 Å². The molecule has 10 aromatic rings. The third-order valence-corrected chi connectivity index (χ3v) is 10.2. The summed E-state index contributed by atoms with van der Waals surface area (Å²) in [6, 6.07) is 32.2. The molecule has 4 aromatic carbocycles. The van der Waals surface area contributed by atoms with Gasteiger partial charge >= 0.3 is 0 Å². The molecule has 0 bridgehead atoms. The van der Waals surface area contributed by atoms with E-state index in [1.54, 1.807) is 134 Å². The number of nitrogens with two attached hydrogens (primary N) is 2. The van der Waals surface area contributed by atoms with Gasteiger partial charge in [-0.15, -0.1) is 0 Å². The Labute approximate surface area is 433 Å². The number of pyridine rings is 3. The standard InChI is InChI=1S/C15H10ClNO3.C14H9ClN2O3.C14H9ClN2O2S.C6H5ClO.3CH4/c1-9(18)13-6-12-14(7-17-8-15(12)20-13)19-11-4-2-10(16)3-5-11;15-8-1-3-9(4-2-8)19-12-6-17-7-13-10(12)5-11(20-13)14(16)18;15-8-1-3-9(4-2-8)18-12-6-17-7-13-10(12)5-11(19-13)14(16)20;7-5-1-3-6(8)4-2-5;;;/h2-8H,1H3;1-7H,(H2,16,18);1-7H,(H2,16,20);1-4,8H;3*1H4. The molecule has 0 spiro atoms. The van der Waals surface area contributed by atoms with Crippen LogP contribution in [0, 0.1) is 0 Å². The van der Waals surface area contributed by atoms with Gasteiger partial charge in [-0.1, -0.05) is 80.9 Å². The number of phenols is 1. The number of hydrogen-bond acceptors (Lipinski definition) is 13. The van der Waals surface area contributed by atoms with Gasteiger partial charge < -0.3 is 44.0 Å². The van der Waals surface area contributed by atoms with Crippen molar-refractivity contribution in [3.8, 4) is 40.2 Å². The summed E-state index contributed by atoms with van der Waals surface area (Å²) in [7, 11) is 0. The van der Waals surface area contributed by atoms with Crippen LogP contribution in [0.5, 0.6) is 40.2 Å². The molecule has 0 saturated heterocycles. The second-order valence-corrected chi connectivity index (χ2v) is 16.1. The first-order chi connectivity index (χ1) is 32.7. The number of amides is 1. The van der Waals surface area contributed by atoms with E-state index < -0.39 is 5.91 Å². The zero-order valence-electron chi connectivity index (χ0n) is 35.1.